The van der Waals surface area contributed by atoms with Gasteiger partial charge in [0.25, 0.3) is 0 Å². The molecule has 0 bridgehead atoms. The minimum Gasteiger partial charge on any atom is -0.494 e. The van der Waals surface area contributed by atoms with Gasteiger partial charge >= 0.3 is 0 Å². The second kappa shape index (κ2) is 5.91. The second-order valence-electron chi connectivity index (χ2n) is 5.85. The molecule has 7 nitrogen and oxygen atoms in total. The SMILES string of the molecule is CC(=Nc1ccc(C)c(S(N)(=O)=O)c1)c1c(O)[nH]c2ccc(N)cc12. The van der Waals surface area contributed by atoms with Crippen molar-refractivity contribution in [3.05, 3.63) is 47.5 Å². The van der Waals surface area contributed by atoms with E-state index in [1.54, 1.807) is 44.2 Å². The summed E-state index contributed by atoms with van der Waals surface area (Å²) in [5, 5.41) is 16.2. The molecule has 25 heavy (non-hydrogen) atoms. The van der Waals surface area contributed by atoms with E-state index in [4.69, 9.17) is 10.9 Å². The van der Waals surface area contributed by atoms with Crippen LogP contribution in [-0.2, 0) is 10.0 Å². The van der Waals surface area contributed by atoms with Crippen LogP contribution in [0.1, 0.15) is 18.1 Å². The summed E-state index contributed by atoms with van der Waals surface area (Å²) >= 11 is 0. The number of nitrogens with two attached hydrogens (primary N) is 2. The van der Waals surface area contributed by atoms with Gasteiger partial charge in [-0.25, -0.2) is 13.6 Å². The number of hydrogen-bond donors (Lipinski definition) is 4. The summed E-state index contributed by atoms with van der Waals surface area (Å²) in [7, 11) is -3.84. The van der Waals surface area contributed by atoms with E-state index in [0.717, 1.165) is 10.9 Å². The van der Waals surface area contributed by atoms with Crippen molar-refractivity contribution in [1.82, 2.24) is 4.98 Å². The highest BCUT2D eigenvalue weighted by Crippen LogP contribution is 2.31. The van der Waals surface area contributed by atoms with E-state index in [0.29, 0.717) is 28.2 Å². The number of nitrogens with zero attached hydrogens (tertiary/aromatic N) is 1. The molecule has 2 aromatic carbocycles. The summed E-state index contributed by atoms with van der Waals surface area (Å²) in [4.78, 5) is 7.32. The van der Waals surface area contributed by atoms with Gasteiger partial charge in [0, 0.05) is 16.6 Å². The summed E-state index contributed by atoms with van der Waals surface area (Å²) in [6.45, 7) is 3.39. The van der Waals surface area contributed by atoms with Gasteiger partial charge in [-0.15, -0.1) is 0 Å². The van der Waals surface area contributed by atoms with Gasteiger partial charge < -0.3 is 15.8 Å². The zero-order chi connectivity index (χ0) is 18.4. The lowest BCUT2D eigenvalue weighted by Crippen LogP contribution is -2.13. The van der Waals surface area contributed by atoms with Gasteiger partial charge in [0.1, 0.15) is 0 Å². The van der Waals surface area contributed by atoms with Crippen LogP contribution in [0.3, 0.4) is 0 Å². The molecular formula is C17H18N4O3S. The molecule has 0 saturated carbocycles. The minimum absolute atomic E-state index is 0.0222. The van der Waals surface area contributed by atoms with Crippen LogP contribution in [0.4, 0.5) is 11.4 Å². The first-order chi connectivity index (χ1) is 11.7. The Bertz CT molecular complexity index is 1110. The van der Waals surface area contributed by atoms with E-state index < -0.39 is 10.0 Å². The van der Waals surface area contributed by atoms with Crippen molar-refractivity contribution in [2.75, 3.05) is 5.73 Å². The van der Waals surface area contributed by atoms with Gasteiger partial charge in [-0.05, 0) is 49.7 Å². The largest absolute Gasteiger partial charge is 0.494 e. The molecular weight excluding hydrogens is 340 g/mol. The fraction of sp³-hybridized carbons (Fsp3) is 0.118. The Morgan fingerprint density at radius 3 is 2.60 bits per heavy atom. The number of H-pyrrole nitrogens is 1. The van der Waals surface area contributed by atoms with Crippen LogP contribution in [0.15, 0.2) is 46.3 Å². The number of nitrogens with one attached hydrogen (secondary N) is 1. The van der Waals surface area contributed by atoms with Crippen molar-refractivity contribution in [2.24, 2.45) is 10.1 Å². The van der Waals surface area contributed by atoms with Gasteiger partial charge in [0.2, 0.25) is 10.0 Å². The summed E-state index contributed by atoms with van der Waals surface area (Å²) in [5.74, 6) is -0.0272. The van der Waals surface area contributed by atoms with Crippen molar-refractivity contribution < 1.29 is 13.5 Å². The van der Waals surface area contributed by atoms with Gasteiger partial charge in [0.15, 0.2) is 5.88 Å². The number of aryl methyl sites for hydroxylation is 1. The number of nitrogen functional groups attached to an aromatic ring is 1. The molecule has 130 valence electrons. The zero-order valence-electron chi connectivity index (χ0n) is 13.7. The standard InChI is InChI=1S/C17H18N4O3S/c1-9-3-5-12(8-15(9)25(19,23)24)20-10(2)16-13-7-11(18)4-6-14(13)21-17(16)22/h3-8,21-22H,18H2,1-2H3,(H2,19,23,24). The van der Waals surface area contributed by atoms with E-state index in [9.17, 15) is 13.5 Å². The van der Waals surface area contributed by atoms with Gasteiger partial charge in [0.05, 0.1) is 21.9 Å². The average molecular weight is 358 g/mol. The molecule has 1 aromatic heterocycles. The number of fused-ring (bicyclic) bond motifs is 1. The normalized spacial score (nSPS) is 12.7. The first-order valence-corrected chi connectivity index (χ1v) is 9.01. The molecule has 3 aromatic rings. The molecule has 0 amide bonds. The first-order valence-electron chi connectivity index (χ1n) is 7.46. The van der Waals surface area contributed by atoms with Crippen LogP contribution in [0.25, 0.3) is 10.9 Å². The lowest BCUT2D eigenvalue weighted by Gasteiger charge is -2.06. The summed E-state index contributed by atoms with van der Waals surface area (Å²) < 4.78 is 23.3. The Hall–Kier alpha value is -2.84. The average Bonchev–Trinajstić information content (AvgIpc) is 2.83. The fourth-order valence-corrected chi connectivity index (χ4v) is 3.58. The third-order valence-corrected chi connectivity index (χ3v) is 4.99. The van der Waals surface area contributed by atoms with Crippen LogP contribution in [0.2, 0.25) is 0 Å². The van der Waals surface area contributed by atoms with Crippen molar-refractivity contribution in [3.8, 4) is 5.88 Å². The summed E-state index contributed by atoms with van der Waals surface area (Å²) in [5.41, 5.74) is 9.10. The smallest absolute Gasteiger partial charge is 0.238 e. The lowest BCUT2D eigenvalue weighted by molar-refractivity contribution is 0.457. The maximum Gasteiger partial charge on any atom is 0.238 e. The Morgan fingerprint density at radius 2 is 1.92 bits per heavy atom. The predicted octanol–water partition coefficient (Wildman–Crippen LogP) is 2.55. The van der Waals surface area contributed by atoms with Crippen LogP contribution in [-0.4, -0.2) is 24.2 Å². The zero-order valence-corrected chi connectivity index (χ0v) is 14.6. The molecule has 0 aliphatic heterocycles. The quantitative estimate of drug-likeness (QED) is 0.423. The Morgan fingerprint density at radius 1 is 1.20 bits per heavy atom. The first kappa shape index (κ1) is 17.0. The third-order valence-electron chi connectivity index (χ3n) is 3.94. The van der Waals surface area contributed by atoms with E-state index >= 15 is 0 Å². The molecule has 0 unspecified atom stereocenters. The Balaban J connectivity index is 2.15. The molecule has 3 rings (SSSR count). The van der Waals surface area contributed by atoms with E-state index in [2.05, 4.69) is 9.98 Å². The van der Waals surface area contributed by atoms with Crippen LogP contribution >= 0.6 is 0 Å². The number of aromatic nitrogens is 1. The van der Waals surface area contributed by atoms with Crippen molar-refractivity contribution >= 4 is 38.0 Å². The van der Waals surface area contributed by atoms with Crippen LogP contribution in [0.5, 0.6) is 5.88 Å². The van der Waals surface area contributed by atoms with E-state index in [1.807, 2.05) is 0 Å². The number of sulfonamides is 1. The van der Waals surface area contributed by atoms with Crippen LogP contribution < -0.4 is 10.9 Å². The Labute approximate surface area is 145 Å². The highest BCUT2D eigenvalue weighted by atomic mass is 32.2. The number of aromatic hydroxyl groups is 1. The minimum atomic E-state index is -3.84. The van der Waals surface area contributed by atoms with Crippen molar-refractivity contribution in [2.45, 2.75) is 18.7 Å². The predicted molar refractivity (Wildman–Crippen MR) is 98.8 cm³/mol. The topological polar surface area (TPSA) is 135 Å². The number of hydrogen-bond acceptors (Lipinski definition) is 5. The van der Waals surface area contributed by atoms with E-state index in [-0.39, 0.29) is 10.8 Å². The van der Waals surface area contributed by atoms with Gasteiger partial charge in [-0.3, -0.25) is 4.99 Å². The maximum atomic E-state index is 11.7. The maximum absolute atomic E-state index is 11.7. The van der Waals surface area contributed by atoms with Crippen molar-refractivity contribution in [1.29, 1.82) is 0 Å². The number of anilines is 1. The van der Waals surface area contributed by atoms with Crippen LogP contribution in [0, 0.1) is 6.92 Å². The summed E-state index contributed by atoms with van der Waals surface area (Å²) in [6.07, 6.45) is 0. The van der Waals surface area contributed by atoms with Crippen molar-refractivity contribution in [3.63, 3.8) is 0 Å². The second-order valence-corrected chi connectivity index (χ2v) is 7.38. The molecule has 0 radical (unpaired) electrons. The molecule has 8 heteroatoms. The molecule has 0 aliphatic carbocycles. The number of rotatable bonds is 3. The molecule has 0 aliphatic rings. The van der Waals surface area contributed by atoms with Gasteiger partial charge in [-0.2, -0.15) is 0 Å². The third kappa shape index (κ3) is 3.21. The lowest BCUT2D eigenvalue weighted by atomic mass is 10.1. The van der Waals surface area contributed by atoms with Gasteiger partial charge in [-0.1, -0.05) is 6.07 Å². The molecule has 6 N–H and O–H groups in total. The molecule has 0 fully saturated rings. The summed E-state index contributed by atoms with van der Waals surface area (Å²) in [6, 6.07) is 9.98. The highest BCUT2D eigenvalue weighted by Gasteiger charge is 2.15. The number of aliphatic imine (C=N–C) groups is 1. The number of primary sulfonamides is 1. The molecule has 0 atom stereocenters. The monoisotopic (exact) mass is 358 g/mol. The molecule has 0 spiro atoms. The number of benzene rings is 2. The fourth-order valence-electron chi connectivity index (χ4n) is 2.78. The number of aromatic amines is 1. The Kier molecular flexibility index (Phi) is 4.02. The molecule has 1 heterocycles. The highest BCUT2D eigenvalue weighted by molar-refractivity contribution is 7.89. The molecule has 0 saturated heterocycles. The van der Waals surface area contributed by atoms with E-state index in [1.165, 1.54) is 6.07 Å².